The van der Waals surface area contributed by atoms with Crippen LogP contribution in [0.1, 0.15) is 36.9 Å². The molecule has 0 bridgehead atoms. The van der Waals surface area contributed by atoms with E-state index in [2.05, 4.69) is 43.4 Å². The van der Waals surface area contributed by atoms with Gasteiger partial charge in [0.05, 0.1) is 6.54 Å². The maximum atomic E-state index is 11.9. The lowest BCUT2D eigenvalue weighted by molar-refractivity contribution is -0.129. The van der Waals surface area contributed by atoms with Crippen molar-refractivity contribution >= 4 is 5.91 Å². The Balaban J connectivity index is 1.84. The summed E-state index contributed by atoms with van der Waals surface area (Å²) in [5, 5.41) is 3.30. The van der Waals surface area contributed by atoms with Gasteiger partial charge in [-0.25, -0.2) is 0 Å². The van der Waals surface area contributed by atoms with Gasteiger partial charge in [0, 0.05) is 19.1 Å². The lowest BCUT2D eigenvalue weighted by Crippen LogP contribution is -2.37. The molecule has 98 valence electrons. The van der Waals surface area contributed by atoms with Crippen molar-refractivity contribution in [2.75, 3.05) is 13.6 Å². The maximum absolute atomic E-state index is 11.9. The third-order valence-electron chi connectivity index (χ3n) is 3.59. The highest BCUT2D eigenvalue weighted by atomic mass is 16.2. The minimum absolute atomic E-state index is 0.192. The molecular weight excluding hydrogens is 224 g/mol. The second-order valence-corrected chi connectivity index (χ2v) is 5.25. The minimum Gasteiger partial charge on any atom is -0.342 e. The first-order valence-electron chi connectivity index (χ1n) is 6.63. The number of likely N-dealkylation sites (N-methyl/N-ethyl adjacent to an activating group) is 1. The third-order valence-corrected chi connectivity index (χ3v) is 3.59. The summed E-state index contributed by atoms with van der Waals surface area (Å²) in [7, 11) is 1.90. The molecule has 1 amide bonds. The Hall–Kier alpha value is -1.35. The summed E-state index contributed by atoms with van der Waals surface area (Å²) in [4.78, 5) is 13.8. The van der Waals surface area contributed by atoms with E-state index in [1.807, 2.05) is 11.9 Å². The smallest absolute Gasteiger partial charge is 0.236 e. The highest BCUT2D eigenvalue weighted by Crippen LogP contribution is 2.25. The predicted octanol–water partition coefficient (Wildman–Crippen LogP) is 2.27. The number of rotatable bonds is 5. The van der Waals surface area contributed by atoms with Gasteiger partial charge in [-0.2, -0.15) is 0 Å². The topological polar surface area (TPSA) is 32.3 Å². The van der Waals surface area contributed by atoms with Gasteiger partial charge in [-0.3, -0.25) is 4.79 Å². The molecule has 3 nitrogen and oxygen atoms in total. The Labute approximate surface area is 109 Å². The van der Waals surface area contributed by atoms with E-state index < -0.39 is 0 Å². The van der Waals surface area contributed by atoms with Crippen molar-refractivity contribution in [3.05, 3.63) is 35.4 Å². The summed E-state index contributed by atoms with van der Waals surface area (Å²) in [6, 6.07) is 9.10. The van der Waals surface area contributed by atoms with Gasteiger partial charge in [0.15, 0.2) is 0 Å². The van der Waals surface area contributed by atoms with Crippen molar-refractivity contribution in [2.24, 2.45) is 0 Å². The van der Waals surface area contributed by atoms with Crippen LogP contribution in [0.3, 0.4) is 0 Å². The largest absolute Gasteiger partial charge is 0.342 e. The van der Waals surface area contributed by atoms with Crippen molar-refractivity contribution in [2.45, 2.75) is 38.8 Å². The molecule has 1 aromatic carbocycles. The number of nitrogens with zero attached hydrogens (tertiary/aromatic N) is 1. The molecule has 0 aromatic heterocycles. The molecule has 1 N–H and O–H groups in total. The van der Waals surface area contributed by atoms with Gasteiger partial charge in [-0.05, 0) is 32.3 Å². The average molecular weight is 246 g/mol. The average Bonchev–Trinajstić information content (AvgIpc) is 3.18. The van der Waals surface area contributed by atoms with Gasteiger partial charge in [0.25, 0.3) is 0 Å². The molecule has 1 aliphatic rings. The Morgan fingerprint density at radius 2 is 2.22 bits per heavy atom. The molecule has 1 atom stereocenters. The molecule has 1 aliphatic carbocycles. The number of nitrogens with one attached hydrogen (secondary N) is 1. The number of carbonyl (C=O) groups excluding carboxylic acids is 1. The molecule has 3 heteroatoms. The van der Waals surface area contributed by atoms with Gasteiger partial charge in [0.2, 0.25) is 5.91 Å². The van der Waals surface area contributed by atoms with Crippen molar-refractivity contribution in [1.29, 1.82) is 0 Å². The molecule has 0 saturated heterocycles. The van der Waals surface area contributed by atoms with E-state index in [1.165, 1.54) is 11.1 Å². The Morgan fingerprint density at radius 3 is 2.83 bits per heavy atom. The first-order chi connectivity index (χ1) is 8.58. The van der Waals surface area contributed by atoms with Gasteiger partial charge < -0.3 is 10.2 Å². The molecule has 18 heavy (non-hydrogen) atoms. The lowest BCUT2D eigenvalue weighted by Gasteiger charge is -2.19. The minimum atomic E-state index is 0.192. The molecule has 0 aliphatic heterocycles. The Kier molecular flexibility index (Phi) is 4.02. The van der Waals surface area contributed by atoms with Crippen molar-refractivity contribution in [3.63, 3.8) is 0 Å². The van der Waals surface area contributed by atoms with Gasteiger partial charge in [-0.15, -0.1) is 0 Å². The van der Waals surface area contributed by atoms with E-state index in [0.717, 1.165) is 12.8 Å². The van der Waals surface area contributed by atoms with Crippen LogP contribution >= 0.6 is 0 Å². The summed E-state index contributed by atoms with van der Waals surface area (Å²) in [6.45, 7) is 4.60. The van der Waals surface area contributed by atoms with Crippen molar-refractivity contribution in [3.8, 4) is 0 Å². The molecule has 0 spiro atoms. The summed E-state index contributed by atoms with van der Waals surface area (Å²) in [5.41, 5.74) is 2.49. The summed E-state index contributed by atoms with van der Waals surface area (Å²) in [5.74, 6) is 0.192. The Morgan fingerprint density at radius 1 is 1.50 bits per heavy atom. The van der Waals surface area contributed by atoms with Gasteiger partial charge in [0.1, 0.15) is 0 Å². The highest BCUT2D eigenvalue weighted by Gasteiger charge is 2.29. The van der Waals surface area contributed by atoms with E-state index in [0.29, 0.717) is 12.6 Å². The zero-order valence-electron chi connectivity index (χ0n) is 11.4. The number of benzene rings is 1. The molecular formula is C15H22N2O. The van der Waals surface area contributed by atoms with Crippen LogP contribution in [0.25, 0.3) is 0 Å². The SMILES string of the molecule is Cc1cccc([C@@H](C)NCC(=O)N(C)C2CC2)c1. The van der Waals surface area contributed by atoms with E-state index in [4.69, 9.17) is 0 Å². The zero-order valence-corrected chi connectivity index (χ0v) is 11.4. The third kappa shape index (κ3) is 3.33. The van der Waals surface area contributed by atoms with Crippen molar-refractivity contribution < 1.29 is 4.79 Å². The number of carbonyl (C=O) groups is 1. The molecule has 0 radical (unpaired) electrons. The Bertz CT molecular complexity index is 426. The van der Waals surface area contributed by atoms with Crippen molar-refractivity contribution in [1.82, 2.24) is 10.2 Å². The summed E-state index contributed by atoms with van der Waals surface area (Å²) < 4.78 is 0. The molecule has 0 heterocycles. The van der Waals surface area contributed by atoms with Gasteiger partial charge in [-0.1, -0.05) is 29.8 Å². The molecule has 0 unspecified atom stereocenters. The number of aryl methyl sites for hydroxylation is 1. The number of hydrogen-bond donors (Lipinski definition) is 1. The second kappa shape index (κ2) is 5.53. The van der Waals surface area contributed by atoms with Crippen LogP contribution < -0.4 is 5.32 Å². The number of amides is 1. The fourth-order valence-corrected chi connectivity index (χ4v) is 2.09. The molecule has 1 aromatic rings. The fourth-order valence-electron chi connectivity index (χ4n) is 2.09. The van der Waals surface area contributed by atoms with Crippen LogP contribution in [0.15, 0.2) is 24.3 Å². The second-order valence-electron chi connectivity index (χ2n) is 5.25. The summed E-state index contributed by atoms with van der Waals surface area (Å²) >= 11 is 0. The quantitative estimate of drug-likeness (QED) is 0.864. The zero-order chi connectivity index (χ0) is 13.1. The van der Waals surface area contributed by atoms with E-state index >= 15 is 0 Å². The van der Waals surface area contributed by atoms with E-state index in [1.54, 1.807) is 0 Å². The van der Waals surface area contributed by atoms with E-state index in [9.17, 15) is 4.79 Å². The molecule has 2 rings (SSSR count). The lowest BCUT2D eigenvalue weighted by atomic mass is 10.1. The monoisotopic (exact) mass is 246 g/mol. The van der Waals surface area contributed by atoms with Crippen LogP contribution in [0, 0.1) is 6.92 Å². The normalized spacial score (nSPS) is 16.4. The fraction of sp³-hybridized carbons (Fsp3) is 0.533. The van der Waals surface area contributed by atoms with Crippen LogP contribution in [0.2, 0.25) is 0 Å². The molecule has 1 fully saturated rings. The predicted molar refractivity (Wildman–Crippen MR) is 73.4 cm³/mol. The number of hydrogen-bond acceptors (Lipinski definition) is 2. The molecule has 1 saturated carbocycles. The summed E-state index contributed by atoms with van der Waals surface area (Å²) in [6.07, 6.45) is 2.32. The maximum Gasteiger partial charge on any atom is 0.236 e. The van der Waals surface area contributed by atoms with Crippen LogP contribution in [-0.4, -0.2) is 30.4 Å². The van der Waals surface area contributed by atoms with Crippen LogP contribution in [0.4, 0.5) is 0 Å². The van der Waals surface area contributed by atoms with Gasteiger partial charge >= 0.3 is 0 Å². The van der Waals surface area contributed by atoms with Crippen LogP contribution in [0.5, 0.6) is 0 Å². The van der Waals surface area contributed by atoms with E-state index in [-0.39, 0.29) is 11.9 Å². The first kappa shape index (κ1) is 13.1. The highest BCUT2D eigenvalue weighted by molar-refractivity contribution is 5.78. The van der Waals surface area contributed by atoms with Crippen LogP contribution in [-0.2, 0) is 4.79 Å². The standard InChI is InChI=1S/C15H22N2O/c1-11-5-4-6-13(9-11)12(2)16-10-15(18)17(3)14-7-8-14/h4-6,9,12,14,16H,7-8,10H2,1-3H3/t12-/m1/s1. The first-order valence-corrected chi connectivity index (χ1v) is 6.63.